The van der Waals surface area contributed by atoms with E-state index in [1.54, 1.807) is 56.7 Å². The second kappa shape index (κ2) is 13.4. The minimum atomic E-state index is -0.526. The summed E-state index contributed by atoms with van der Waals surface area (Å²) in [6.07, 6.45) is 5.73. The number of unbranched alkanes of at least 4 members (excludes halogenated alkanes) is 4. The van der Waals surface area contributed by atoms with Crippen LogP contribution in [0.25, 0.3) is 0 Å². The molecule has 1 atom stereocenters. The number of hydrogen-bond acceptors (Lipinski definition) is 8. The Kier molecular flexibility index (Phi) is 9.53. The van der Waals surface area contributed by atoms with E-state index in [0.717, 1.165) is 18.4 Å². The molecule has 8 heteroatoms. The topological polar surface area (TPSA) is 113 Å². The zero-order chi connectivity index (χ0) is 28.5. The fraction of sp³-hybridized carbons (Fsp3) is 0.312. The second-order valence-corrected chi connectivity index (χ2v) is 9.42. The molecule has 2 N–H and O–H groups in total. The van der Waals surface area contributed by atoms with Crippen molar-refractivity contribution in [2.24, 2.45) is 5.73 Å². The summed E-state index contributed by atoms with van der Waals surface area (Å²) in [6, 6.07) is 19.5. The molecule has 3 aromatic carbocycles. The molecule has 8 nitrogen and oxygen atoms in total. The van der Waals surface area contributed by atoms with Crippen molar-refractivity contribution in [1.82, 2.24) is 0 Å². The Bertz CT molecular complexity index is 1410. The van der Waals surface area contributed by atoms with Crippen molar-refractivity contribution in [1.29, 1.82) is 5.26 Å². The van der Waals surface area contributed by atoms with Crippen molar-refractivity contribution >= 4 is 5.97 Å². The molecule has 1 unspecified atom stereocenters. The van der Waals surface area contributed by atoms with Gasteiger partial charge in [-0.2, -0.15) is 5.26 Å². The smallest absolute Gasteiger partial charge is 0.343 e. The van der Waals surface area contributed by atoms with Crippen molar-refractivity contribution in [3.8, 4) is 34.8 Å². The van der Waals surface area contributed by atoms with E-state index in [0.29, 0.717) is 40.7 Å². The minimum absolute atomic E-state index is 0.00926. The monoisotopic (exact) mass is 542 g/mol. The van der Waals surface area contributed by atoms with Gasteiger partial charge in [0.25, 0.3) is 0 Å². The lowest BCUT2D eigenvalue weighted by Gasteiger charge is -2.27. The largest absolute Gasteiger partial charge is 0.497 e. The SMILES string of the molecule is CCCCCCCOc1ccc(C2C(C#N)=C(N)Oc3cc(OC(=O)c4ccc(OC)cc4)ccc32)cc1OC. The van der Waals surface area contributed by atoms with Gasteiger partial charge in [-0.3, -0.25) is 0 Å². The molecule has 0 fully saturated rings. The molecule has 0 saturated carbocycles. The number of fused-ring (bicyclic) bond motifs is 1. The van der Waals surface area contributed by atoms with E-state index in [1.165, 1.54) is 19.3 Å². The minimum Gasteiger partial charge on any atom is -0.497 e. The average Bonchev–Trinajstić information content (AvgIpc) is 2.98. The van der Waals surface area contributed by atoms with Crippen LogP contribution in [0.5, 0.6) is 28.7 Å². The Hall–Kier alpha value is -4.64. The quantitative estimate of drug-likeness (QED) is 0.157. The summed E-state index contributed by atoms with van der Waals surface area (Å²) >= 11 is 0. The van der Waals surface area contributed by atoms with Gasteiger partial charge in [0.15, 0.2) is 11.5 Å². The fourth-order valence-corrected chi connectivity index (χ4v) is 4.61. The van der Waals surface area contributed by atoms with Crippen LogP contribution >= 0.6 is 0 Å². The standard InChI is InChI=1S/C32H34N2O6/c1-4-5-6-7-8-17-38-27-16-11-22(18-29(27)37-3)30-25-15-14-24(19-28(25)40-31(34)26(30)20-33)39-32(35)21-9-12-23(36-2)13-10-21/h9-16,18-19,30H,4-8,17,34H2,1-3H3. The highest BCUT2D eigenvalue weighted by Crippen LogP contribution is 2.45. The normalized spacial score (nSPS) is 14.0. The van der Waals surface area contributed by atoms with Crippen molar-refractivity contribution in [2.75, 3.05) is 20.8 Å². The Balaban J connectivity index is 1.56. The summed E-state index contributed by atoms with van der Waals surface area (Å²) in [5.41, 5.74) is 8.33. The molecule has 1 aliphatic rings. The molecule has 0 radical (unpaired) electrons. The van der Waals surface area contributed by atoms with Crippen LogP contribution in [0.2, 0.25) is 0 Å². The average molecular weight is 543 g/mol. The second-order valence-electron chi connectivity index (χ2n) is 9.42. The molecule has 0 aliphatic carbocycles. The lowest BCUT2D eigenvalue weighted by atomic mass is 9.83. The predicted molar refractivity (Wildman–Crippen MR) is 151 cm³/mol. The van der Waals surface area contributed by atoms with E-state index >= 15 is 0 Å². The third-order valence-electron chi connectivity index (χ3n) is 6.75. The first-order valence-electron chi connectivity index (χ1n) is 13.4. The lowest BCUT2D eigenvalue weighted by molar-refractivity contribution is 0.0734. The predicted octanol–water partition coefficient (Wildman–Crippen LogP) is 6.49. The fourth-order valence-electron chi connectivity index (χ4n) is 4.61. The van der Waals surface area contributed by atoms with E-state index in [-0.39, 0.29) is 17.2 Å². The number of carbonyl (C=O) groups excluding carboxylic acids is 1. The molecular formula is C32H34N2O6. The molecule has 0 aromatic heterocycles. The van der Waals surface area contributed by atoms with Gasteiger partial charge in [0.05, 0.1) is 32.3 Å². The third kappa shape index (κ3) is 6.49. The summed E-state index contributed by atoms with van der Waals surface area (Å²) < 4.78 is 28.1. The van der Waals surface area contributed by atoms with Crippen molar-refractivity contribution < 1.29 is 28.5 Å². The summed E-state index contributed by atoms with van der Waals surface area (Å²) in [5, 5.41) is 9.94. The molecule has 0 saturated heterocycles. The number of nitrogens with two attached hydrogens (primary N) is 1. The highest BCUT2D eigenvalue weighted by molar-refractivity contribution is 5.91. The first kappa shape index (κ1) is 28.4. The van der Waals surface area contributed by atoms with Crippen LogP contribution in [-0.4, -0.2) is 26.8 Å². The molecule has 1 heterocycles. The Morgan fingerprint density at radius 3 is 2.38 bits per heavy atom. The maximum atomic E-state index is 12.7. The number of nitriles is 1. The Morgan fingerprint density at radius 1 is 0.925 bits per heavy atom. The van der Waals surface area contributed by atoms with Crippen LogP contribution in [-0.2, 0) is 0 Å². The van der Waals surface area contributed by atoms with Crippen LogP contribution in [0.3, 0.4) is 0 Å². The molecule has 0 bridgehead atoms. The van der Waals surface area contributed by atoms with Gasteiger partial charge >= 0.3 is 5.97 Å². The molecule has 208 valence electrons. The number of rotatable bonds is 12. The summed E-state index contributed by atoms with van der Waals surface area (Å²) in [4.78, 5) is 12.7. The Labute approximate surface area is 234 Å². The van der Waals surface area contributed by atoms with E-state index in [4.69, 9.17) is 29.4 Å². The number of methoxy groups -OCH3 is 2. The number of nitrogens with zero attached hydrogens (tertiary/aromatic N) is 1. The number of benzene rings is 3. The number of allylic oxidation sites excluding steroid dienone is 1. The van der Waals surface area contributed by atoms with Crippen LogP contribution < -0.4 is 29.4 Å². The Morgan fingerprint density at radius 2 is 1.68 bits per heavy atom. The van der Waals surface area contributed by atoms with Crippen molar-refractivity contribution in [3.05, 3.63) is 88.8 Å². The molecule has 4 rings (SSSR count). The summed E-state index contributed by atoms with van der Waals surface area (Å²) in [7, 11) is 3.14. The summed E-state index contributed by atoms with van der Waals surface area (Å²) in [5.74, 6) is 1.49. The molecule has 3 aromatic rings. The van der Waals surface area contributed by atoms with E-state index in [9.17, 15) is 10.1 Å². The molecule has 1 aliphatic heterocycles. The van der Waals surface area contributed by atoms with E-state index in [2.05, 4.69) is 13.0 Å². The molecule has 40 heavy (non-hydrogen) atoms. The highest BCUT2D eigenvalue weighted by atomic mass is 16.5. The van der Waals surface area contributed by atoms with Crippen LogP contribution in [0.1, 0.15) is 66.4 Å². The van der Waals surface area contributed by atoms with Crippen LogP contribution in [0.4, 0.5) is 0 Å². The van der Waals surface area contributed by atoms with Gasteiger partial charge in [0.1, 0.15) is 28.9 Å². The number of carbonyl (C=O) groups is 1. The van der Waals surface area contributed by atoms with Crippen LogP contribution in [0, 0.1) is 11.3 Å². The zero-order valence-electron chi connectivity index (χ0n) is 23.1. The summed E-state index contributed by atoms with van der Waals surface area (Å²) in [6.45, 7) is 2.80. The number of esters is 1. The lowest BCUT2D eigenvalue weighted by Crippen LogP contribution is -2.21. The van der Waals surface area contributed by atoms with Gasteiger partial charge in [-0.15, -0.1) is 0 Å². The van der Waals surface area contributed by atoms with Gasteiger partial charge in [-0.05, 0) is 54.4 Å². The van der Waals surface area contributed by atoms with Gasteiger partial charge in [0.2, 0.25) is 5.88 Å². The van der Waals surface area contributed by atoms with Gasteiger partial charge in [-0.1, -0.05) is 44.7 Å². The first-order chi connectivity index (χ1) is 19.5. The maximum absolute atomic E-state index is 12.7. The molecule has 0 spiro atoms. The van der Waals surface area contributed by atoms with E-state index < -0.39 is 11.9 Å². The zero-order valence-corrected chi connectivity index (χ0v) is 23.1. The maximum Gasteiger partial charge on any atom is 0.343 e. The first-order valence-corrected chi connectivity index (χ1v) is 13.4. The van der Waals surface area contributed by atoms with Gasteiger partial charge < -0.3 is 29.4 Å². The third-order valence-corrected chi connectivity index (χ3v) is 6.75. The number of hydrogen-bond donors (Lipinski definition) is 1. The van der Waals surface area contributed by atoms with Gasteiger partial charge in [-0.25, -0.2) is 4.79 Å². The van der Waals surface area contributed by atoms with Gasteiger partial charge in [0, 0.05) is 11.6 Å². The molecule has 0 amide bonds. The number of ether oxygens (including phenoxy) is 5. The van der Waals surface area contributed by atoms with E-state index in [1.807, 2.05) is 18.2 Å². The highest BCUT2D eigenvalue weighted by Gasteiger charge is 2.32. The van der Waals surface area contributed by atoms with Crippen molar-refractivity contribution in [3.63, 3.8) is 0 Å². The van der Waals surface area contributed by atoms with Crippen molar-refractivity contribution in [2.45, 2.75) is 44.9 Å². The molecular weight excluding hydrogens is 508 g/mol. The van der Waals surface area contributed by atoms with Crippen LogP contribution in [0.15, 0.2) is 72.1 Å².